The molecule has 0 aromatic heterocycles. The van der Waals surface area contributed by atoms with Gasteiger partial charge in [-0.1, -0.05) is 19.3 Å². The predicted molar refractivity (Wildman–Crippen MR) is 104 cm³/mol. The van der Waals surface area contributed by atoms with Gasteiger partial charge in [0.05, 0.1) is 6.54 Å². The van der Waals surface area contributed by atoms with Gasteiger partial charge in [0.15, 0.2) is 0 Å². The SMILES string of the molecule is O=C(CN1CCN(c2ccc(F)cc2)CC1)NN1C(=O)NC2(CCCCC2)C1=O. The molecule has 2 heterocycles. The van der Waals surface area contributed by atoms with Crippen LogP contribution in [0.4, 0.5) is 14.9 Å². The van der Waals surface area contributed by atoms with Crippen LogP contribution in [0.3, 0.4) is 0 Å². The lowest BCUT2D eigenvalue weighted by Gasteiger charge is -2.35. The molecule has 1 aromatic rings. The first-order valence-corrected chi connectivity index (χ1v) is 10.2. The number of urea groups is 1. The van der Waals surface area contributed by atoms with Crippen molar-refractivity contribution in [2.24, 2.45) is 0 Å². The van der Waals surface area contributed by atoms with Gasteiger partial charge < -0.3 is 10.2 Å². The van der Waals surface area contributed by atoms with Crippen molar-refractivity contribution < 1.29 is 18.8 Å². The highest BCUT2D eigenvalue weighted by atomic mass is 19.1. The Kier molecular flexibility index (Phi) is 5.40. The number of piperazine rings is 1. The number of hydrazine groups is 1. The van der Waals surface area contributed by atoms with E-state index in [-0.39, 0.29) is 24.2 Å². The number of rotatable bonds is 4. The summed E-state index contributed by atoms with van der Waals surface area (Å²) in [4.78, 5) is 41.5. The van der Waals surface area contributed by atoms with E-state index >= 15 is 0 Å². The summed E-state index contributed by atoms with van der Waals surface area (Å²) in [6.45, 7) is 2.86. The van der Waals surface area contributed by atoms with Crippen LogP contribution < -0.4 is 15.6 Å². The maximum absolute atomic E-state index is 13.1. The van der Waals surface area contributed by atoms with Gasteiger partial charge in [-0.3, -0.25) is 19.9 Å². The van der Waals surface area contributed by atoms with Crippen LogP contribution in [-0.2, 0) is 9.59 Å². The van der Waals surface area contributed by atoms with Crippen LogP contribution in [0.1, 0.15) is 32.1 Å². The molecule has 2 N–H and O–H groups in total. The number of halogens is 1. The van der Waals surface area contributed by atoms with Crippen LogP contribution in [-0.4, -0.2) is 66.0 Å². The molecule has 1 aliphatic carbocycles. The van der Waals surface area contributed by atoms with E-state index in [0.717, 1.165) is 30.0 Å². The summed E-state index contributed by atoms with van der Waals surface area (Å²) in [5.41, 5.74) is 2.59. The van der Waals surface area contributed by atoms with Crippen LogP contribution in [0.15, 0.2) is 24.3 Å². The van der Waals surface area contributed by atoms with Gasteiger partial charge in [0.2, 0.25) is 0 Å². The highest BCUT2D eigenvalue weighted by molar-refractivity contribution is 6.08. The third-order valence-corrected chi connectivity index (χ3v) is 6.04. The molecule has 0 radical (unpaired) electrons. The molecule has 8 nitrogen and oxygen atoms in total. The molecule has 9 heteroatoms. The van der Waals surface area contributed by atoms with Crippen LogP contribution in [0.25, 0.3) is 0 Å². The molecular weight excluding hydrogens is 377 g/mol. The number of carbonyl (C=O) groups is 3. The largest absolute Gasteiger partial charge is 0.369 e. The number of anilines is 1. The van der Waals surface area contributed by atoms with E-state index in [9.17, 15) is 18.8 Å². The number of imide groups is 1. The number of benzene rings is 1. The molecule has 0 bridgehead atoms. The number of nitrogens with zero attached hydrogens (tertiary/aromatic N) is 3. The van der Waals surface area contributed by atoms with Crippen molar-refractivity contribution in [3.8, 4) is 0 Å². The Morgan fingerprint density at radius 2 is 1.69 bits per heavy atom. The summed E-state index contributed by atoms with van der Waals surface area (Å²) in [5.74, 6) is -0.993. The van der Waals surface area contributed by atoms with Crippen LogP contribution >= 0.6 is 0 Å². The van der Waals surface area contributed by atoms with Crippen molar-refractivity contribution in [3.05, 3.63) is 30.1 Å². The maximum atomic E-state index is 13.1. The third-order valence-electron chi connectivity index (χ3n) is 6.04. The summed E-state index contributed by atoms with van der Waals surface area (Å²) in [5, 5.41) is 3.63. The van der Waals surface area contributed by atoms with E-state index in [1.54, 1.807) is 12.1 Å². The highest BCUT2D eigenvalue weighted by Crippen LogP contribution is 2.33. The quantitative estimate of drug-likeness (QED) is 0.739. The first kappa shape index (κ1) is 19.6. The Balaban J connectivity index is 1.28. The van der Waals surface area contributed by atoms with E-state index in [0.29, 0.717) is 39.0 Å². The second-order valence-electron chi connectivity index (χ2n) is 7.99. The first-order chi connectivity index (χ1) is 14.0. The zero-order valence-electron chi connectivity index (χ0n) is 16.3. The molecule has 3 aliphatic rings. The predicted octanol–water partition coefficient (Wildman–Crippen LogP) is 1.23. The number of carbonyl (C=O) groups excluding carboxylic acids is 3. The average Bonchev–Trinajstić information content (AvgIpc) is 2.94. The second kappa shape index (κ2) is 7.98. The van der Waals surface area contributed by atoms with E-state index in [1.807, 2.05) is 4.90 Å². The van der Waals surface area contributed by atoms with Gasteiger partial charge in [-0.2, -0.15) is 5.01 Å². The molecule has 4 amide bonds. The normalized spacial score (nSPS) is 22.1. The summed E-state index contributed by atoms with van der Waals surface area (Å²) >= 11 is 0. The Morgan fingerprint density at radius 3 is 2.34 bits per heavy atom. The third kappa shape index (κ3) is 4.05. The van der Waals surface area contributed by atoms with Crippen molar-refractivity contribution >= 4 is 23.5 Å². The maximum Gasteiger partial charge on any atom is 0.344 e. The molecule has 1 saturated carbocycles. The van der Waals surface area contributed by atoms with Gasteiger partial charge in [-0.15, -0.1) is 0 Å². The molecule has 0 unspecified atom stereocenters. The Labute approximate surface area is 169 Å². The van der Waals surface area contributed by atoms with Crippen molar-refractivity contribution in [1.29, 1.82) is 0 Å². The minimum atomic E-state index is -0.844. The van der Waals surface area contributed by atoms with Gasteiger partial charge in [0, 0.05) is 31.9 Å². The molecule has 2 saturated heterocycles. The minimum absolute atomic E-state index is 0.112. The summed E-state index contributed by atoms with van der Waals surface area (Å²) in [7, 11) is 0. The van der Waals surface area contributed by atoms with Crippen LogP contribution in [0.5, 0.6) is 0 Å². The molecule has 2 aliphatic heterocycles. The lowest BCUT2D eigenvalue weighted by Crippen LogP contribution is -2.54. The molecule has 1 aromatic carbocycles. The topological polar surface area (TPSA) is 85.0 Å². The van der Waals surface area contributed by atoms with E-state index in [1.165, 1.54) is 12.1 Å². The smallest absolute Gasteiger partial charge is 0.344 e. The fraction of sp³-hybridized carbons (Fsp3) is 0.550. The molecule has 1 spiro atoms. The number of hydrogen-bond donors (Lipinski definition) is 2. The number of hydrogen-bond acceptors (Lipinski definition) is 5. The number of nitrogens with one attached hydrogen (secondary N) is 2. The van der Waals surface area contributed by atoms with Gasteiger partial charge >= 0.3 is 6.03 Å². The summed E-state index contributed by atoms with van der Waals surface area (Å²) in [6, 6.07) is 5.82. The lowest BCUT2D eigenvalue weighted by atomic mass is 9.82. The summed E-state index contributed by atoms with van der Waals surface area (Å²) in [6.07, 6.45) is 4.09. The highest BCUT2D eigenvalue weighted by Gasteiger charge is 2.52. The van der Waals surface area contributed by atoms with E-state index < -0.39 is 11.6 Å². The van der Waals surface area contributed by atoms with Crippen LogP contribution in [0.2, 0.25) is 0 Å². The van der Waals surface area contributed by atoms with Crippen molar-refractivity contribution in [3.63, 3.8) is 0 Å². The van der Waals surface area contributed by atoms with Gasteiger partial charge in [0.25, 0.3) is 11.8 Å². The second-order valence-corrected chi connectivity index (χ2v) is 7.99. The van der Waals surface area contributed by atoms with Crippen LogP contribution in [0, 0.1) is 5.82 Å². The molecule has 3 fully saturated rings. The monoisotopic (exact) mass is 403 g/mol. The summed E-state index contributed by atoms with van der Waals surface area (Å²) < 4.78 is 13.1. The average molecular weight is 403 g/mol. The lowest BCUT2D eigenvalue weighted by molar-refractivity contribution is -0.140. The van der Waals surface area contributed by atoms with E-state index in [4.69, 9.17) is 0 Å². The number of amides is 4. The molecule has 0 atom stereocenters. The Morgan fingerprint density at radius 1 is 1.03 bits per heavy atom. The van der Waals surface area contributed by atoms with Gasteiger partial charge in [0.1, 0.15) is 11.4 Å². The Hall–Kier alpha value is -2.68. The molecule has 4 rings (SSSR count). The Bertz CT molecular complexity index is 786. The van der Waals surface area contributed by atoms with Crippen molar-refractivity contribution in [1.82, 2.24) is 20.7 Å². The van der Waals surface area contributed by atoms with Gasteiger partial charge in [-0.25, -0.2) is 9.18 Å². The molecule has 29 heavy (non-hydrogen) atoms. The zero-order chi connectivity index (χ0) is 20.4. The zero-order valence-corrected chi connectivity index (χ0v) is 16.3. The first-order valence-electron chi connectivity index (χ1n) is 10.2. The fourth-order valence-corrected chi connectivity index (χ4v) is 4.40. The van der Waals surface area contributed by atoms with Gasteiger partial charge in [-0.05, 0) is 37.1 Å². The van der Waals surface area contributed by atoms with E-state index in [2.05, 4.69) is 15.6 Å². The molecule has 156 valence electrons. The molecular formula is C20H26FN5O3. The fourth-order valence-electron chi connectivity index (χ4n) is 4.40. The van der Waals surface area contributed by atoms with Crippen molar-refractivity contribution in [2.45, 2.75) is 37.6 Å². The minimum Gasteiger partial charge on any atom is -0.369 e. The van der Waals surface area contributed by atoms with Crippen molar-refractivity contribution in [2.75, 3.05) is 37.6 Å². The standard InChI is InChI=1S/C20H26FN5O3/c21-15-4-6-16(7-5-15)25-12-10-24(11-13-25)14-17(27)23-26-18(28)20(22-19(26)29)8-2-1-3-9-20/h4-7H,1-3,8-14H2,(H,22,29)(H,23,27).